The van der Waals surface area contributed by atoms with Gasteiger partial charge in [-0.15, -0.1) is 0 Å². The fourth-order valence-corrected chi connectivity index (χ4v) is 2.06. The van der Waals surface area contributed by atoms with Crippen LogP contribution < -0.4 is 5.32 Å². The van der Waals surface area contributed by atoms with Gasteiger partial charge < -0.3 is 14.8 Å². The Morgan fingerprint density at radius 3 is 3.00 bits per heavy atom. The molecule has 1 aromatic rings. The van der Waals surface area contributed by atoms with Crippen LogP contribution in [-0.4, -0.2) is 30.8 Å². The van der Waals surface area contributed by atoms with Crippen molar-refractivity contribution >= 4 is 0 Å². The highest BCUT2D eigenvalue weighted by Crippen LogP contribution is 2.13. The summed E-state index contributed by atoms with van der Waals surface area (Å²) in [5, 5.41) is 3.37. The fraction of sp³-hybridized carbons (Fsp3) is 0.667. The first-order valence-electron chi connectivity index (χ1n) is 7.07. The molecule has 0 aliphatic carbocycles. The standard InChI is InChI=1S/C15H24N2O2/c1-12(2)16-8-14-4-3-5-15(17-14)11-19-10-13-6-7-18-9-13/h3-5,12-13,16H,6-11H2,1-2H3. The highest BCUT2D eigenvalue weighted by molar-refractivity contribution is 5.10. The molecule has 1 aliphatic rings. The minimum Gasteiger partial charge on any atom is -0.381 e. The van der Waals surface area contributed by atoms with Crippen LogP contribution in [-0.2, 0) is 22.6 Å². The molecule has 2 heterocycles. The minimum atomic E-state index is 0.476. The van der Waals surface area contributed by atoms with Crippen molar-refractivity contribution < 1.29 is 9.47 Å². The predicted molar refractivity (Wildman–Crippen MR) is 74.8 cm³/mol. The lowest BCUT2D eigenvalue weighted by molar-refractivity contribution is 0.0772. The normalized spacial score (nSPS) is 19.2. The molecule has 2 rings (SSSR count). The minimum absolute atomic E-state index is 0.476. The van der Waals surface area contributed by atoms with E-state index in [0.29, 0.717) is 18.6 Å². The van der Waals surface area contributed by atoms with Gasteiger partial charge in [-0.2, -0.15) is 0 Å². The summed E-state index contributed by atoms with van der Waals surface area (Å²) in [6.07, 6.45) is 1.12. The van der Waals surface area contributed by atoms with Crippen LogP contribution in [0.5, 0.6) is 0 Å². The summed E-state index contributed by atoms with van der Waals surface area (Å²) in [6, 6.07) is 6.58. The Balaban J connectivity index is 1.74. The van der Waals surface area contributed by atoms with E-state index in [4.69, 9.17) is 9.47 Å². The zero-order valence-electron chi connectivity index (χ0n) is 11.9. The smallest absolute Gasteiger partial charge is 0.0888 e. The van der Waals surface area contributed by atoms with Crippen LogP contribution in [0.15, 0.2) is 18.2 Å². The molecule has 0 saturated carbocycles. The average molecular weight is 264 g/mol. The van der Waals surface area contributed by atoms with Gasteiger partial charge in [0.15, 0.2) is 0 Å². The predicted octanol–water partition coefficient (Wildman–Crippen LogP) is 2.13. The second kappa shape index (κ2) is 7.58. The molecule has 1 saturated heterocycles. The molecule has 1 aliphatic heterocycles. The van der Waals surface area contributed by atoms with E-state index in [1.54, 1.807) is 0 Å². The van der Waals surface area contributed by atoms with Gasteiger partial charge in [0.25, 0.3) is 0 Å². The molecular weight excluding hydrogens is 240 g/mol. The number of hydrogen-bond acceptors (Lipinski definition) is 4. The van der Waals surface area contributed by atoms with Crippen LogP contribution in [0.2, 0.25) is 0 Å². The third-order valence-corrected chi connectivity index (χ3v) is 3.18. The Bertz CT molecular complexity index is 376. The molecule has 106 valence electrons. The van der Waals surface area contributed by atoms with Crippen molar-refractivity contribution in [3.63, 3.8) is 0 Å². The molecular formula is C15H24N2O2. The van der Waals surface area contributed by atoms with Crippen molar-refractivity contribution in [1.82, 2.24) is 10.3 Å². The van der Waals surface area contributed by atoms with Crippen molar-refractivity contribution in [3.05, 3.63) is 29.6 Å². The first-order chi connectivity index (χ1) is 9.24. The van der Waals surface area contributed by atoms with Crippen LogP contribution >= 0.6 is 0 Å². The van der Waals surface area contributed by atoms with E-state index in [2.05, 4.69) is 24.1 Å². The van der Waals surface area contributed by atoms with Crippen molar-refractivity contribution in [1.29, 1.82) is 0 Å². The Kier molecular flexibility index (Phi) is 5.76. The molecule has 1 unspecified atom stereocenters. The molecule has 19 heavy (non-hydrogen) atoms. The first kappa shape index (κ1) is 14.4. The average Bonchev–Trinajstić information content (AvgIpc) is 2.90. The van der Waals surface area contributed by atoms with Gasteiger partial charge in [-0.1, -0.05) is 19.9 Å². The number of nitrogens with one attached hydrogen (secondary N) is 1. The first-order valence-corrected chi connectivity index (χ1v) is 7.07. The zero-order chi connectivity index (χ0) is 13.5. The quantitative estimate of drug-likeness (QED) is 0.819. The van der Waals surface area contributed by atoms with Crippen molar-refractivity contribution in [2.75, 3.05) is 19.8 Å². The van der Waals surface area contributed by atoms with Gasteiger partial charge in [0.1, 0.15) is 0 Å². The highest BCUT2D eigenvalue weighted by atomic mass is 16.5. The van der Waals surface area contributed by atoms with Crippen LogP contribution in [0, 0.1) is 5.92 Å². The van der Waals surface area contributed by atoms with Crippen LogP contribution in [0.1, 0.15) is 31.7 Å². The lowest BCUT2D eigenvalue weighted by Crippen LogP contribution is -2.22. The molecule has 1 atom stereocenters. The SMILES string of the molecule is CC(C)NCc1cccc(COCC2CCOC2)n1. The van der Waals surface area contributed by atoms with Gasteiger partial charge >= 0.3 is 0 Å². The van der Waals surface area contributed by atoms with Gasteiger partial charge in [-0.3, -0.25) is 4.98 Å². The lowest BCUT2D eigenvalue weighted by Gasteiger charge is -2.10. The molecule has 1 aromatic heterocycles. The van der Waals surface area contributed by atoms with E-state index >= 15 is 0 Å². The maximum absolute atomic E-state index is 5.72. The number of pyridine rings is 1. The summed E-state index contributed by atoms with van der Waals surface area (Å²) in [5.41, 5.74) is 2.07. The Morgan fingerprint density at radius 1 is 1.42 bits per heavy atom. The monoisotopic (exact) mass is 264 g/mol. The van der Waals surface area contributed by atoms with E-state index in [1.807, 2.05) is 18.2 Å². The number of rotatable bonds is 7. The van der Waals surface area contributed by atoms with Crippen LogP contribution in [0.3, 0.4) is 0 Å². The number of hydrogen-bond donors (Lipinski definition) is 1. The van der Waals surface area contributed by atoms with Crippen LogP contribution in [0.4, 0.5) is 0 Å². The van der Waals surface area contributed by atoms with Crippen molar-refractivity contribution in [3.8, 4) is 0 Å². The number of nitrogens with zero attached hydrogens (tertiary/aromatic N) is 1. The molecule has 0 aromatic carbocycles. The van der Waals surface area contributed by atoms with Gasteiger partial charge in [-0.05, 0) is 18.6 Å². The van der Waals surface area contributed by atoms with Gasteiger partial charge in [0.05, 0.1) is 31.2 Å². The van der Waals surface area contributed by atoms with Crippen molar-refractivity contribution in [2.45, 2.75) is 39.5 Å². The summed E-state index contributed by atoms with van der Waals surface area (Å²) in [5.74, 6) is 0.561. The molecule has 0 amide bonds. The maximum atomic E-state index is 5.72. The van der Waals surface area contributed by atoms with E-state index in [9.17, 15) is 0 Å². The highest BCUT2D eigenvalue weighted by Gasteiger charge is 2.15. The van der Waals surface area contributed by atoms with E-state index in [1.165, 1.54) is 0 Å². The summed E-state index contributed by atoms with van der Waals surface area (Å²) >= 11 is 0. The Morgan fingerprint density at radius 2 is 2.26 bits per heavy atom. The Hall–Kier alpha value is -0.970. The summed E-state index contributed by atoms with van der Waals surface area (Å²) < 4.78 is 11.1. The second-order valence-electron chi connectivity index (χ2n) is 5.40. The van der Waals surface area contributed by atoms with Gasteiger partial charge in [0.2, 0.25) is 0 Å². The molecule has 1 N–H and O–H groups in total. The second-order valence-corrected chi connectivity index (χ2v) is 5.40. The molecule has 0 bridgehead atoms. The van der Waals surface area contributed by atoms with E-state index in [0.717, 1.165) is 44.2 Å². The van der Waals surface area contributed by atoms with E-state index < -0.39 is 0 Å². The summed E-state index contributed by atoms with van der Waals surface area (Å²) in [4.78, 5) is 4.59. The van der Waals surface area contributed by atoms with Gasteiger partial charge in [-0.25, -0.2) is 0 Å². The Labute approximate surface area is 115 Å². The number of ether oxygens (including phenoxy) is 2. The molecule has 1 fully saturated rings. The van der Waals surface area contributed by atoms with Crippen LogP contribution in [0.25, 0.3) is 0 Å². The molecule has 0 radical (unpaired) electrons. The topological polar surface area (TPSA) is 43.4 Å². The molecule has 0 spiro atoms. The third kappa shape index (κ3) is 5.27. The van der Waals surface area contributed by atoms with Gasteiger partial charge in [0, 0.05) is 25.1 Å². The lowest BCUT2D eigenvalue weighted by atomic mass is 10.1. The third-order valence-electron chi connectivity index (χ3n) is 3.18. The largest absolute Gasteiger partial charge is 0.381 e. The fourth-order valence-electron chi connectivity index (χ4n) is 2.06. The van der Waals surface area contributed by atoms with Crippen molar-refractivity contribution in [2.24, 2.45) is 5.92 Å². The van der Waals surface area contributed by atoms with E-state index in [-0.39, 0.29) is 0 Å². The summed E-state index contributed by atoms with van der Waals surface area (Å²) in [6.45, 7) is 8.16. The zero-order valence-corrected chi connectivity index (χ0v) is 11.9. The molecule has 4 nitrogen and oxygen atoms in total. The summed E-state index contributed by atoms with van der Waals surface area (Å²) in [7, 11) is 0. The number of aromatic nitrogens is 1. The molecule has 4 heteroatoms. The maximum Gasteiger partial charge on any atom is 0.0888 e.